The lowest BCUT2D eigenvalue weighted by molar-refractivity contribution is -0.688. The fourth-order valence-corrected chi connectivity index (χ4v) is 2.74. The Morgan fingerprint density at radius 3 is 2.20 bits per heavy atom. The molecule has 0 amide bonds. The van der Waals surface area contributed by atoms with Crippen molar-refractivity contribution in [2.75, 3.05) is 18.5 Å². The molecule has 0 N–H and O–H groups in total. The summed E-state index contributed by atoms with van der Waals surface area (Å²) in [5, 5.41) is 0. The quantitative estimate of drug-likeness (QED) is 0.509. The van der Waals surface area contributed by atoms with Gasteiger partial charge in [0.25, 0.3) is 0 Å². The number of hydrogen-bond acceptors (Lipinski definition) is 2. The van der Waals surface area contributed by atoms with E-state index in [0.29, 0.717) is 6.54 Å². The first-order valence-corrected chi connectivity index (χ1v) is 8.46. The van der Waals surface area contributed by atoms with Crippen molar-refractivity contribution in [1.29, 1.82) is 0 Å². The monoisotopic (exact) mass is 331 g/mol. The summed E-state index contributed by atoms with van der Waals surface area (Å²) in [5.74, 6) is 0.128. The van der Waals surface area contributed by atoms with Crippen LogP contribution < -0.4 is 9.47 Å². The van der Waals surface area contributed by atoms with Gasteiger partial charge in [0.05, 0.1) is 6.54 Å². The standard InChI is InChI=1S/C22H23N2O/c1-18-8-10-20(11-9-18)22(25)17-23(2)21-12-14-24(15-13-21)16-19-6-4-3-5-7-19/h3-15H,16-17H2,1-2H3/q+1. The molecule has 0 bridgehead atoms. The van der Waals surface area contributed by atoms with Crippen molar-refractivity contribution in [2.45, 2.75) is 13.5 Å². The maximum absolute atomic E-state index is 12.4. The maximum Gasteiger partial charge on any atom is 0.182 e. The molecule has 25 heavy (non-hydrogen) atoms. The highest BCUT2D eigenvalue weighted by Crippen LogP contribution is 2.12. The van der Waals surface area contributed by atoms with Gasteiger partial charge in [0.1, 0.15) is 0 Å². The molecule has 0 atom stereocenters. The number of carbonyl (C=O) groups excluding carboxylic acids is 1. The average molecular weight is 331 g/mol. The molecule has 3 aromatic rings. The number of carbonyl (C=O) groups is 1. The minimum Gasteiger partial charge on any atom is -0.367 e. The molecule has 0 fully saturated rings. The Labute approximate surface area is 149 Å². The third-order valence-corrected chi connectivity index (χ3v) is 4.28. The first kappa shape index (κ1) is 16.9. The molecule has 3 rings (SSSR count). The summed E-state index contributed by atoms with van der Waals surface area (Å²) in [6.07, 6.45) is 4.10. The Hall–Kier alpha value is -2.94. The van der Waals surface area contributed by atoms with E-state index in [1.54, 1.807) is 0 Å². The lowest BCUT2D eigenvalue weighted by Gasteiger charge is -2.17. The molecule has 0 saturated heterocycles. The van der Waals surface area contributed by atoms with E-state index in [0.717, 1.165) is 23.4 Å². The molecule has 0 aliphatic carbocycles. The van der Waals surface area contributed by atoms with Crippen LogP contribution in [0.15, 0.2) is 79.1 Å². The number of aromatic nitrogens is 1. The van der Waals surface area contributed by atoms with Gasteiger partial charge in [-0.2, -0.15) is 0 Å². The number of likely N-dealkylation sites (N-methyl/N-ethyl adjacent to an activating group) is 1. The predicted octanol–water partition coefficient (Wildman–Crippen LogP) is 3.65. The van der Waals surface area contributed by atoms with Crippen LogP contribution >= 0.6 is 0 Å². The number of benzene rings is 2. The van der Waals surface area contributed by atoms with Crippen molar-refractivity contribution in [3.8, 4) is 0 Å². The van der Waals surface area contributed by atoms with Crippen LogP contribution in [0.4, 0.5) is 5.69 Å². The molecule has 1 aromatic heterocycles. The number of anilines is 1. The summed E-state index contributed by atoms with van der Waals surface area (Å²) in [6.45, 7) is 3.23. The van der Waals surface area contributed by atoms with Gasteiger partial charge in [0.15, 0.2) is 24.7 Å². The second-order valence-corrected chi connectivity index (χ2v) is 6.36. The van der Waals surface area contributed by atoms with E-state index in [2.05, 4.69) is 41.2 Å². The molecule has 3 heteroatoms. The fraction of sp³-hybridized carbons (Fsp3) is 0.182. The second-order valence-electron chi connectivity index (χ2n) is 6.36. The molecule has 0 unspecified atom stereocenters. The Bertz CT molecular complexity index is 824. The van der Waals surface area contributed by atoms with Gasteiger partial charge in [-0.1, -0.05) is 60.2 Å². The maximum atomic E-state index is 12.4. The molecule has 0 aliphatic heterocycles. The number of ketones is 1. The molecule has 0 radical (unpaired) electrons. The summed E-state index contributed by atoms with van der Waals surface area (Å²) in [7, 11) is 1.95. The Balaban J connectivity index is 1.63. The topological polar surface area (TPSA) is 24.2 Å². The zero-order valence-corrected chi connectivity index (χ0v) is 14.7. The smallest absolute Gasteiger partial charge is 0.182 e. The lowest BCUT2D eigenvalue weighted by atomic mass is 10.1. The molecule has 126 valence electrons. The third-order valence-electron chi connectivity index (χ3n) is 4.28. The molecule has 0 spiro atoms. The van der Waals surface area contributed by atoms with E-state index in [4.69, 9.17) is 0 Å². The summed E-state index contributed by atoms with van der Waals surface area (Å²) in [6, 6.07) is 22.2. The van der Waals surface area contributed by atoms with Gasteiger partial charge >= 0.3 is 0 Å². The van der Waals surface area contributed by atoms with Gasteiger partial charge < -0.3 is 4.90 Å². The van der Waals surface area contributed by atoms with Gasteiger partial charge in [0.2, 0.25) is 0 Å². The average Bonchev–Trinajstić information content (AvgIpc) is 2.63. The van der Waals surface area contributed by atoms with Crippen LogP contribution in [0.2, 0.25) is 0 Å². The van der Waals surface area contributed by atoms with Crippen molar-refractivity contribution in [3.63, 3.8) is 0 Å². The molecular weight excluding hydrogens is 308 g/mol. The zero-order valence-electron chi connectivity index (χ0n) is 14.7. The normalized spacial score (nSPS) is 10.5. The first-order chi connectivity index (χ1) is 12.1. The molecular formula is C22H23N2O+. The minimum absolute atomic E-state index is 0.128. The predicted molar refractivity (Wildman–Crippen MR) is 101 cm³/mol. The number of nitrogens with zero attached hydrogens (tertiary/aromatic N) is 2. The first-order valence-electron chi connectivity index (χ1n) is 8.46. The van der Waals surface area contributed by atoms with Crippen molar-refractivity contribution < 1.29 is 9.36 Å². The number of Topliss-reactive ketones (excluding diaryl/α,β-unsaturated/α-hetero) is 1. The minimum atomic E-state index is 0.128. The second kappa shape index (κ2) is 7.75. The lowest BCUT2D eigenvalue weighted by Crippen LogP contribution is -2.34. The zero-order chi connectivity index (χ0) is 17.6. The van der Waals surface area contributed by atoms with E-state index in [-0.39, 0.29) is 5.78 Å². The highest BCUT2D eigenvalue weighted by molar-refractivity contribution is 5.99. The molecule has 1 heterocycles. The van der Waals surface area contributed by atoms with Crippen LogP contribution in [0, 0.1) is 6.92 Å². The summed E-state index contributed by atoms with van der Waals surface area (Å²) in [5.41, 5.74) is 4.22. The molecule has 0 saturated carbocycles. The number of hydrogen-bond donors (Lipinski definition) is 0. The van der Waals surface area contributed by atoms with Crippen LogP contribution in [0.3, 0.4) is 0 Å². The summed E-state index contributed by atoms with van der Waals surface area (Å²) >= 11 is 0. The van der Waals surface area contributed by atoms with Gasteiger partial charge in [-0.15, -0.1) is 0 Å². The van der Waals surface area contributed by atoms with Gasteiger partial charge in [0, 0.05) is 36.0 Å². The SMILES string of the molecule is Cc1ccc(C(=O)CN(C)c2cc[n+](Cc3ccccc3)cc2)cc1. The highest BCUT2D eigenvalue weighted by atomic mass is 16.1. The van der Waals surface area contributed by atoms with E-state index >= 15 is 0 Å². The molecule has 3 nitrogen and oxygen atoms in total. The van der Waals surface area contributed by atoms with Crippen molar-refractivity contribution >= 4 is 11.5 Å². The van der Waals surface area contributed by atoms with Crippen LogP contribution in [-0.2, 0) is 6.54 Å². The van der Waals surface area contributed by atoms with Crippen LogP contribution in [0.1, 0.15) is 21.5 Å². The Morgan fingerprint density at radius 2 is 1.56 bits per heavy atom. The fourth-order valence-electron chi connectivity index (χ4n) is 2.74. The van der Waals surface area contributed by atoms with Crippen LogP contribution in [0.25, 0.3) is 0 Å². The van der Waals surface area contributed by atoms with Crippen molar-refractivity contribution in [1.82, 2.24) is 0 Å². The van der Waals surface area contributed by atoms with E-state index in [9.17, 15) is 4.79 Å². The van der Waals surface area contributed by atoms with Crippen LogP contribution in [-0.4, -0.2) is 19.4 Å². The van der Waals surface area contributed by atoms with Gasteiger partial charge in [-0.05, 0) is 6.92 Å². The molecule has 2 aromatic carbocycles. The molecule has 0 aliphatic rings. The number of pyridine rings is 1. The van der Waals surface area contributed by atoms with E-state index in [1.807, 2.05) is 61.3 Å². The Kier molecular flexibility index (Phi) is 5.24. The van der Waals surface area contributed by atoms with Crippen LogP contribution in [0.5, 0.6) is 0 Å². The van der Waals surface area contributed by atoms with Gasteiger partial charge in [-0.25, -0.2) is 4.57 Å². The van der Waals surface area contributed by atoms with Crippen molar-refractivity contribution in [3.05, 3.63) is 95.8 Å². The van der Waals surface area contributed by atoms with E-state index < -0.39 is 0 Å². The van der Waals surface area contributed by atoms with E-state index in [1.165, 1.54) is 5.56 Å². The third kappa shape index (κ3) is 4.54. The Morgan fingerprint density at radius 1 is 0.920 bits per heavy atom. The van der Waals surface area contributed by atoms with Crippen molar-refractivity contribution in [2.24, 2.45) is 0 Å². The highest BCUT2D eigenvalue weighted by Gasteiger charge is 2.11. The number of rotatable bonds is 6. The summed E-state index contributed by atoms with van der Waals surface area (Å²) < 4.78 is 2.13. The largest absolute Gasteiger partial charge is 0.367 e. The summed E-state index contributed by atoms with van der Waals surface area (Å²) in [4.78, 5) is 14.4. The number of aryl methyl sites for hydroxylation is 1. The van der Waals surface area contributed by atoms with Gasteiger partial charge in [-0.3, -0.25) is 4.79 Å².